The van der Waals surface area contributed by atoms with Gasteiger partial charge in [-0.05, 0) is 13.0 Å². The molecule has 3 nitrogen and oxygen atoms in total. The van der Waals surface area contributed by atoms with E-state index in [1.165, 1.54) is 0 Å². The number of carbonyl (C=O) groups excluding carboxylic acids is 1. The van der Waals surface area contributed by atoms with E-state index in [0.29, 0.717) is 5.69 Å². The van der Waals surface area contributed by atoms with E-state index in [0.717, 1.165) is 11.8 Å². The van der Waals surface area contributed by atoms with Crippen molar-refractivity contribution in [2.45, 2.75) is 6.92 Å². The van der Waals surface area contributed by atoms with Crippen molar-refractivity contribution in [2.24, 2.45) is 10.4 Å². The quantitative estimate of drug-likeness (QED) is 0.709. The number of phenolic OH excluding ortho intramolecular Hbond substituents is 1. The van der Waals surface area contributed by atoms with Crippen molar-refractivity contribution >= 4 is 24.3 Å². The van der Waals surface area contributed by atoms with Gasteiger partial charge in [0.25, 0.3) is 0 Å². The summed E-state index contributed by atoms with van der Waals surface area (Å²) < 4.78 is 0. The van der Waals surface area contributed by atoms with Crippen molar-refractivity contribution in [2.75, 3.05) is 0 Å². The number of aromatic hydroxyl groups is 1. The van der Waals surface area contributed by atoms with Crippen LogP contribution in [0.15, 0.2) is 29.3 Å². The van der Waals surface area contributed by atoms with Crippen LogP contribution in [-0.2, 0) is 4.79 Å². The third-order valence-corrected chi connectivity index (χ3v) is 2.39. The Morgan fingerprint density at radius 3 is 3.00 bits per heavy atom. The molecule has 0 spiro atoms. The number of hydrogen-bond donors (Lipinski definition) is 1. The predicted molar refractivity (Wildman–Crippen MR) is 59.5 cm³/mol. The summed E-state index contributed by atoms with van der Waals surface area (Å²) in [6.07, 6.45) is 5.95. The molecule has 15 heavy (non-hydrogen) atoms. The molecule has 1 unspecified atom stereocenters. The average Bonchev–Trinajstić information content (AvgIpc) is 2.41. The highest BCUT2D eigenvalue weighted by atomic mass is 16.3. The molecule has 1 aliphatic heterocycles. The monoisotopic (exact) mass is 201 g/mol. The molecule has 76 valence electrons. The van der Waals surface area contributed by atoms with Gasteiger partial charge in [0.15, 0.2) is 0 Å². The fourth-order valence-corrected chi connectivity index (χ4v) is 1.41. The number of carbonyl (C=O) groups is 1. The maximum absolute atomic E-state index is 10.9. The van der Waals surface area contributed by atoms with E-state index in [9.17, 15) is 9.90 Å². The predicted octanol–water partition coefficient (Wildman–Crippen LogP) is 2.33. The largest absolute Gasteiger partial charge is 0.506 e. The molecular weight excluding hydrogens is 190 g/mol. The zero-order chi connectivity index (χ0) is 10.9. The summed E-state index contributed by atoms with van der Waals surface area (Å²) in [5.41, 5.74) is 0.641. The minimum Gasteiger partial charge on any atom is -0.506 e. The highest BCUT2D eigenvalue weighted by molar-refractivity contribution is 5.94. The molecule has 0 saturated heterocycles. The molecule has 0 aliphatic carbocycles. The van der Waals surface area contributed by atoms with Crippen molar-refractivity contribution in [1.82, 2.24) is 0 Å². The Balaban J connectivity index is 2.58. The lowest BCUT2D eigenvalue weighted by Gasteiger charge is -2.08. The molecule has 3 heteroatoms. The molecule has 0 fully saturated rings. The molecule has 0 radical (unpaired) electrons. The molecule has 1 atom stereocenters. The summed E-state index contributed by atoms with van der Waals surface area (Å²) in [5.74, 6) is 0.128. The number of benzene rings is 1. The summed E-state index contributed by atoms with van der Waals surface area (Å²) in [6, 6.07) is 5.17. The van der Waals surface area contributed by atoms with Crippen LogP contribution in [0.3, 0.4) is 0 Å². The molecule has 1 aliphatic rings. The van der Waals surface area contributed by atoms with Crippen LogP contribution in [0, 0.1) is 5.41 Å². The fourth-order valence-electron chi connectivity index (χ4n) is 1.41. The number of rotatable bonds is 1. The summed E-state index contributed by atoms with van der Waals surface area (Å²) in [7, 11) is 0. The average molecular weight is 201 g/mol. The number of aldehydes is 1. The summed E-state index contributed by atoms with van der Waals surface area (Å²) in [6.45, 7) is 1.77. The van der Waals surface area contributed by atoms with Gasteiger partial charge in [0.1, 0.15) is 17.7 Å². The second-order valence-electron chi connectivity index (χ2n) is 3.79. The smallest absolute Gasteiger partial charge is 0.141 e. The number of hydrogen-bond acceptors (Lipinski definition) is 3. The van der Waals surface area contributed by atoms with E-state index in [-0.39, 0.29) is 5.75 Å². The first-order chi connectivity index (χ1) is 7.14. The van der Waals surface area contributed by atoms with Gasteiger partial charge in [-0.1, -0.05) is 24.3 Å². The second-order valence-corrected chi connectivity index (χ2v) is 3.79. The van der Waals surface area contributed by atoms with Gasteiger partial charge in [0.2, 0.25) is 0 Å². The molecule has 0 bridgehead atoms. The molecule has 1 aromatic rings. The standard InChI is InChI=1S/C12H11NO2/c1-12(8-14)6-5-9-3-2-4-10(15)11(9)13-7-12/h2-8,15H,1H3. The summed E-state index contributed by atoms with van der Waals surface area (Å²) >= 11 is 0. The Labute approximate surface area is 87.8 Å². The van der Waals surface area contributed by atoms with Crippen LogP contribution < -0.4 is 0 Å². The Kier molecular flexibility index (Phi) is 2.15. The molecule has 1 N–H and O–H groups in total. The van der Waals surface area contributed by atoms with Gasteiger partial charge in [-0.3, -0.25) is 4.99 Å². The zero-order valence-electron chi connectivity index (χ0n) is 8.34. The number of para-hydroxylation sites is 1. The van der Waals surface area contributed by atoms with E-state index >= 15 is 0 Å². The first kappa shape index (κ1) is 9.65. The Morgan fingerprint density at radius 1 is 1.47 bits per heavy atom. The third-order valence-electron chi connectivity index (χ3n) is 2.39. The number of aliphatic imine (C=N–C) groups is 1. The van der Waals surface area contributed by atoms with Crippen molar-refractivity contribution < 1.29 is 9.90 Å². The SMILES string of the molecule is CC1(C=O)C=Cc2cccc(O)c2N=C1. The minimum atomic E-state index is -0.689. The van der Waals surface area contributed by atoms with Gasteiger partial charge in [0.05, 0.1) is 5.41 Å². The molecule has 2 rings (SSSR count). The van der Waals surface area contributed by atoms with Gasteiger partial charge in [0, 0.05) is 11.8 Å². The molecule has 0 saturated carbocycles. The van der Waals surface area contributed by atoms with E-state index in [2.05, 4.69) is 4.99 Å². The van der Waals surface area contributed by atoms with E-state index in [4.69, 9.17) is 0 Å². The number of allylic oxidation sites excluding steroid dienone is 1. The first-order valence-corrected chi connectivity index (χ1v) is 4.67. The molecule has 0 aromatic heterocycles. The lowest BCUT2D eigenvalue weighted by atomic mass is 9.94. The highest BCUT2D eigenvalue weighted by Gasteiger charge is 2.20. The second kappa shape index (κ2) is 3.35. The maximum atomic E-state index is 10.9. The van der Waals surface area contributed by atoms with Crippen LogP contribution in [0.1, 0.15) is 12.5 Å². The van der Waals surface area contributed by atoms with Crippen molar-refractivity contribution in [3.05, 3.63) is 29.8 Å². The molecule has 1 heterocycles. The van der Waals surface area contributed by atoms with Crippen LogP contribution in [0.25, 0.3) is 6.08 Å². The summed E-state index contributed by atoms with van der Waals surface area (Å²) in [4.78, 5) is 15.0. The van der Waals surface area contributed by atoms with Crippen LogP contribution in [0.4, 0.5) is 5.69 Å². The number of fused-ring (bicyclic) bond motifs is 1. The van der Waals surface area contributed by atoms with Crippen LogP contribution >= 0.6 is 0 Å². The lowest BCUT2D eigenvalue weighted by Crippen LogP contribution is -2.15. The van der Waals surface area contributed by atoms with Gasteiger partial charge >= 0.3 is 0 Å². The molecular formula is C12H11NO2. The zero-order valence-corrected chi connectivity index (χ0v) is 8.34. The van der Waals surface area contributed by atoms with Crippen LogP contribution in [0.2, 0.25) is 0 Å². The van der Waals surface area contributed by atoms with Gasteiger partial charge in [-0.15, -0.1) is 0 Å². The highest BCUT2D eigenvalue weighted by Crippen LogP contribution is 2.34. The van der Waals surface area contributed by atoms with E-state index in [1.807, 2.05) is 6.07 Å². The van der Waals surface area contributed by atoms with Crippen molar-refractivity contribution in [1.29, 1.82) is 0 Å². The lowest BCUT2D eigenvalue weighted by molar-refractivity contribution is -0.111. The van der Waals surface area contributed by atoms with E-state index < -0.39 is 5.41 Å². The topological polar surface area (TPSA) is 49.7 Å². The maximum Gasteiger partial charge on any atom is 0.141 e. The third kappa shape index (κ3) is 1.68. The van der Waals surface area contributed by atoms with Gasteiger partial charge in [-0.2, -0.15) is 0 Å². The molecule has 1 aromatic carbocycles. The molecule has 0 amide bonds. The summed E-state index contributed by atoms with van der Waals surface area (Å²) in [5, 5.41) is 9.59. The van der Waals surface area contributed by atoms with Gasteiger partial charge < -0.3 is 9.90 Å². The Hall–Kier alpha value is -1.90. The minimum absolute atomic E-state index is 0.128. The van der Waals surface area contributed by atoms with Crippen LogP contribution in [-0.4, -0.2) is 17.6 Å². The number of phenols is 1. The fraction of sp³-hybridized carbons (Fsp3) is 0.167. The van der Waals surface area contributed by atoms with E-state index in [1.54, 1.807) is 37.4 Å². The Morgan fingerprint density at radius 2 is 2.27 bits per heavy atom. The Bertz CT molecular complexity index is 463. The first-order valence-electron chi connectivity index (χ1n) is 4.67. The normalized spacial score (nSPS) is 23.3. The number of nitrogens with zero attached hydrogens (tertiary/aromatic N) is 1. The van der Waals surface area contributed by atoms with Crippen molar-refractivity contribution in [3.63, 3.8) is 0 Å². The van der Waals surface area contributed by atoms with Crippen molar-refractivity contribution in [3.8, 4) is 5.75 Å². The van der Waals surface area contributed by atoms with Crippen LogP contribution in [0.5, 0.6) is 5.75 Å². The van der Waals surface area contributed by atoms with Gasteiger partial charge in [-0.25, -0.2) is 0 Å².